The molecule has 2 aromatic heterocycles. The molecule has 0 saturated carbocycles. The number of imidazole rings is 1. The van der Waals surface area contributed by atoms with Gasteiger partial charge in [0.15, 0.2) is 0 Å². The number of aryl methyl sites for hydroxylation is 1. The Morgan fingerprint density at radius 1 is 1.56 bits per heavy atom. The minimum absolute atomic E-state index is 0.237. The lowest BCUT2D eigenvalue weighted by Gasteiger charge is -2.12. The molecule has 16 heavy (non-hydrogen) atoms. The first-order valence-corrected chi connectivity index (χ1v) is 6.31. The maximum atomic E-state index is 5.87. The number of nitrogens with zero attached hydrogens (tertiary/aromatic N) is 2. The summed E-state index contributed by atoms with van der Waals surface area (Å²) in [6.07, 6.45) is 3.77. The van der Waals surface area contributed by atoms with Crippen LogP contribution >= 0.6 is 22.9 Å². The fourth-order valence-electron chi connectivity index (χ4n) is 1.59. The number of thiophene rings is 1. The van der Waals surface area contributed by atoms with E-state index >= 15 is 0 Å². The predicted octanol–water partition coefficient (Wildman–Crippen LogP) is 2.99. The second kappa shape index (κ2) is 4.99. The van der Waals surface area contributed by atoms with Gasteiger partial charge in [0, 0.05) is 30.9 Å². The van der Waals surface area contributed by atoms with Gasteiger partial charge in [-0.1, -0.05) is 11.6 Å². The molecule has 5 heteroatoms. The van der Waals surface area contributed by atoms with Gasteiger partial charge in [-0.15, -0.1) is 11.3 Å². The Balaban J connectivity index is 1.93. The van der Waals surface area contributed by atoms with E-state index in [1.807, 2.05) is 36.1 Å². The van der Waals surface area contributed by atoms with Gasteiger partial charge in [-0.25, -0.2) is 4.98 Å². The molecule has 0 aromatic carbocycles. The monoisotopic (exact) mass is 255 g/mol. The van der Waals surface area contributed by atoms with Crippen molar-refractivity contribution in [2.75, 3.05) is 0 Å². The molecule has 2 heterocycles. The normalized spacial score (nSPS) is 12.9. The Labute approximate surface area is 104 Å². The first-order chi connectivity index (χ1) is 7.66. The fourth-order valence-corrected chi connectivity index (χ4v) is 2.62. The summed E-state index contributed by atoms with van der Waals surface area (Å²) >= 11 is 7.48. The third-order valence-electron chi connectivity index (χ3n) is 2.46. The van der Waals surface area contributed by atoms with Crippen LogP contribution in [0.2, 0.25) is 4.34 Å². The lowest BCUT2D eigenvalue weighted by Crippen LogP contribution is -2.20. The molecule has 0 aliphatic rings. The molecule has 0 radical (unpaired) electrons. The Kier molecular flexibility index (Phi) is 3.63. The van der Waals surface area contributed by atoms with Gasteiger partial charge in [0.2, 0.25) is 0 Å². The molecule has 0 fully saturated rings. The Morgan fingerprint density at radius 2 is 2.38 bits per heavy atom. The van der Waals surface area contributed by atoms with E-state index in [0.717, 1.165) is 16.7 Å². The van der Waals surface area contributed by atoms with Crippen LogP contribution in [0, 0.1) is 0 Å². The van der Waals surface area contributed by atoms with Crippen LogP contribution in [0.1, 0.15) is 23.7 Å². The molecule has 0 aliphatic carbocycles. The largest absolute Gasteiger partial charge is 0.337 e. The van der Waals surface area contributed by atoms with Crippen LogP contribution < -0.4 is 5.32 Å². The lowest BCUT2D eigenvalue weighted by molar-refractivity contribution is 0.533. The van der Waals surface area contributed by atoms with Crippen molar-refractivity contribution in [2.24, 2.45) is 7.05 Å². The van der Waals surface area contributed by atoms with Gasteiger partial charge >= 0.3 is 0 Å². The van der Waals surface area contributed by atoms with E-state index in [1.165, 1.54) is 4.88 Å². The summed E-state index contributed by atoms with van der Waals surface area (Å²) in [5, 5.41) is 3.42. The first-order valence-electron chi connectivity index (χ1n) is 5.11. The van der Waals surface area contributed by atoms with Crippen molar-refractivity contribution in [3.63, 3.8) is 0 Å². The summed E-state index contributed by atoms with van der Waals surface area (Å²) in [7, 11) is 2.00. The van der Waals surface area contributed by atoms with Crippen molar-refractivity contribution in [1.29, 1.82) is 0 Å². The average Bonchev–Trinajstić information content (AvgIpc) is 2.84. The summed E-state index contributed by atoms with van der Waals surface area (Å²) < 4.78 is 2.86. The quantitative estimate of drug-likeness (QED) is 0.910. The topological polar surface area (TPSA) is 29.9 Å². The maximum Gasteiger partial charge on any atom is 0.125 e. The molecule has 0 bridgehead atoms. The van der Waals surface area contributed by atoms with Gasteiger partial charge in [0.05, 0.1) is 10.4 Å². The molecule has 1 N–H and O–H groups in total. The lowest BCUT2D eigenvalue weighted by atomic mass is 10.3. The zero-order chi connectivity index (χ0) is 11.5. The second-order valence-corrected chi connectivity index (χ2v) is 5.50. The van der Waals surface area contributed by atoms with Crippen LogP contribution in [-0.4, -0.2) is 9.55 Å². The molecule has 3 nitrogen and oxygen atoms in total. The van der Waals surface area contributed by atoms with Gasteiger partial charge in [0.25, 0.3) is 0 Å². The predicted molar refractivity (Wildman–Crippen MR) is 67.8 cm³/mol. The number of hydrogen-bond acceptors (Lipinski definition) is 3. The highest BCUT2D eigenvalue weighted by Gasteiger charge is 2.09. The third-order valence-corrected chi connectivity index (χ3v) is 3.69. The number of halogens is 1. The van der Waals surface area contributed by atoms with Gasteiger partial charge in [-0.2, -0.15) is 0 Å². The molecule has 0 spiro atoms. The molecule has 1 atom stereocenters. The smallest absolute Gasteiger partial charge is 0.125 e. The zero-order valence-electron chi connectivity index (χ0n) is 9.27. The van der Waals surface area contributed by atoms with E-state index in [4.69, 9.17) is 11.6 Å². The zero-order valence-corrected chi connectivity index (χ0v) is 10.8. The number of aromatic nitrogens is 2. The first kappa shape index (κ1) is 11.6. The number of rotatable bonds is 4. The van der Waals surface area contributed by atoms with Crippen LogP contribution in [-0.2, 0) is 13.6 Å². The van der Waals surface area contributed by atoms with E-state index in [0.29, 0.717) is 0 Å². The average molecular weight is 256 g/mol. The summed E-state index contributed by atoms with van der Waals surface area (Å²) in [6.45, 7) is 2.93. The van der Waals surface area contributed by atoms with Gasteiger partial charge in [-0.3, -0.25) is 0 Å². The van der Waals surface area contributed by atoms with Gasteiger partial charge in [-0.05, 0) is 19.1 Å². The number of nitrogens with one attached hydrogen (secondary N) is 1. The molecule has 1 unspecified atom stereocenters. The van der Waals surface area contributed by atoms with E-state index in [9.17, 15) is 0 Å². The van der Waals surface area contributed by atoms with E-state index in [2.05, 4.69) is 17.2 Å². The third kappa shape index (κ3) is 2.64. The molecule has 86 valence electrons. The van der Waals surface area contributed by atoms with Crippen molar-refractivity contribution in [3.8, 4) is 0 Å². The maximum absolute atomic E-state index is 5.87. The van der Waals surface area contributed by atoms with Crippen LogP contribution in [0.3, 0.4) is 0 Å². The highest BCUT2D eigenvalue weighted by atomic mass is 35.5. The molecule has 0 aliphatic heterocycles. The molecule has 0 saturated heterocycles. The van der Waals surface area contributed by atoms with Gasteiger partial charge in [0.1, 0.15) is 5.82 Å². The minimum Gasteiger partial charge on any atom is -0.337 e. The van der Waals surface area contributed by atoms with Crippen molar-refractivity contribution in [2.45, 2.75) is 19.5 Å². The fraction of sp³-hybridized carbons (Fsp3) is 0.364. The van der Waals surface area contributed by atoms with Crippen molar-refractivity contribution >= 4 is 22.9 Å². The van der Waals surface area contributed by atoms with Crippen molar-refractivity contribution < 1.29 is 0 Å². The Bertz CT molecular complexity index is 463. The van der Waals surface area contributed by atoms with Crippen LogP contribution in [0.5, 0.6) is 0 Å². The Hall–Kier alpha value is -0.840. The highest BCUT2D eigenvalue weighted by Crippen LogP contribution is 2.21. The highest BCUT2D eigenvalue weighted by molar-refractivity contribution is 7.16. The Morgan fingerprint density at radius 3 is 2.94 bits per heavy atom. The van der Waals surface area contributed by atoms with Crippen molar-refractivity contribution in [1.82, 2.24) is 14.9 Å². The summed E-state index contributed by atoms with van der Waals surface area (Å²) in [5.74, 6) is 1.04. The molecular weight excluding hydrogens is 242 g/mol. The minimum atomic E-state index is 0.237. The SMILES string of the molecule is CC(NCc1ccc(Cl)s1)c1nccn1C. The molecule has 0 amide bonds. The van der Waals surface area contributed by atoms with E-state index in [1.54, 1.807) is 11.3 Å². The van der Waals surface area contributed by atoms with Crippen molar-refractivity contribution in [3.05, 3.63) is 39.6 Å². The molecule has 2 aromatic rings. The standard InChI is InChI=1S/C11H14ClN3S/c1-8(11-13-5-6-15(11)2)14-7-9-3-4-10(12)16-9/h3-6,8,14H,7H2,1-2H3. The summed E-state index contributed by atoms with van der Waals surface area (Å²) in [5.41, 5.74) is 0. The van der Waals surface area contributed by atoms with Crippen LogP contribution in [0.25, 0.3) is 0 Å². The molecule has 2 rings (SSSR count). The van der Waals surface area contributed by atoms with E-state index < -0.39 is 0 Å². The number of hydrogen-bond donors (Lipinski definition) is 1. The summed E-state index contributed by atoms with van der Waals surface area (Å²) in [6, 6.07) is 4.21. The summed E-state index contributed by atoms with van der Waals surface area (Å²) in [4.78, 5) is 5.55. The van der Waals surface area contributed by atoms with Crippen LogP contribution in [0.4, 0.5) is 0 Å². The molecular formula is C11H14ClN3S. The van der Waals surface area contributed by atoms with Crippen LogP contribution in [0.15, 0.2) is 24.5 Å². The second-order valence-electron chi connectivity index (χ2n) is 3.70. The van der Waals surface area contributed by atoms with Gasteiger partial charge < -0.3 is 9.88 Å². The van der Waals surface area contributed by atoms with E-state index in [-0.39, 0.29) is 6.04 Å².